The molecule has 2 aromatic carbocycles. The zero-order chi connectivity index (χ0) is 21.8. The van der Waals surface area contributed by atoms with Crippen LogP contribution in [0.4, 0.5) is 14.5 Å². The normalized spacial score (nSPS) is 12.1. The molecule has 1 saturated carbocycles. The number of carbonyl (C=O) groups excluding carboxylic acids is 1. The molecule has 7 heteroatoms. The summed E-state index contributed by atoms with van der Waals surface area (Å²) in [5, 5.41) is 4.27. The number of carbonyl (C=O) groups is 1. The van der Waals surface area contributed by atoms with Gasteiger partial charge >= 0.3 is 0 Å². The molecule has 0 saturated heterocycles. The van der Waals surface area contributed by atoms with E-state index in [9.17, 15) is 13.6 Å². The summed E-state index contributed by atoms with van der Waals surface area (Å²) in [5.74, 6) is 5.45. The van der Waals surface area contributed by atoms with Gasteiger partial charge in [0.2, 0.25) is 6.41 Å². The van der Waals surface area contributed by atoms with E-state index in [1.54, 1.807) is 6.92 Å². The second kappa shape index (κ2) is 13.2. The maximum atomic E-state index is 13.7. The number of thioether (sulfide) groups is 1. The van der Waals surface area contributed by atoms with Crippen molar-refractivity contribution >= 4 is 23.9 Å². The molecule has 1 aliphatic rings. The van der Waals surface area contributed by atoms with Crippen molar-refractivity contribution in [1.29, 1.82) is 0 Å². The number of halogens is 2. The second-order valence-electron chi connectivity index (χ2n) is 6.20. The lowest BCUT2D eigenvalue weighted by molar-refractivity contribution is -0.118. The summed E-state index contributed by atoms with van der Waals surface area (Å²) in [5.41, 5.74) is 3.62. The Morgan fingerprint density at radius 3 is 2.45 bits per heavy atom. The van der Waals surface area contributed by atoms with E-state index in [0.717, 1.165) is 16.8 Å². The molecule has 2 aromatic rings. The Bertz CT molecular complexity index is 770. The lowest BCUT2D eigenvalue weighted by Crippen LogP contribution is -2.28. The van der Waals surface area contributed by atoms with Gasteiger partial charge < -0.3 is 5.32 Å². The highest BCUT2D eigenvalue weighted by Gasteiger charge is 2.26. The van der Waals surface area contributed by atoms with Gasteiger partial charge in [-0.15, -0.1) is 11.8 Å². The minimum atomic E-state index is -0.400. The van der Waals surface area contributed by atoms with Crippen LogP contribution in [-0.4, -0.2) is 25.0 Å². The van der Waals surface area contributed by atoms with Gasteiger partial charge in [0.25, 0.3) is 0 Å². The van der Waals surface area contributed by atoms with Gasteiger partial charge in [-0.25, -0.2) is 14.6 Å². The van der Waals surface area contributed by atoms with Gasteiger partial charge in [-0.3, -0.25) is 9.80 Å². The van der Waals surface area contributed by atoms with Crippen LogP contribution in [0.1, 0.15) is 50.7 Å². The van der Waals surface area contributed by atoms with Crippen LogP contribution in [0.25, 0.3) is 0 Å². The maximum Gasteiger partial charge on any atom is 0.223 e. The number of rotatable bonds is 7. The predicted molar refractivity (Wildman–Crippen MR) is 118 cm³/mol. The highest BCUT2D eigenvalue weighted by molar-refractivity contribution is 7.98. The molecule has 0 heterocycles. The fraction of sp³-hybridized carbons (Fsp3) is 0.409. The Morgan fingerprint density at radius 2 is 1.93 bits per heavy atom. The molecule has 0 bridgehead atoms. The summed E-state index contributed by atoms with van der Waals surface area (Å²) >= 11 is 1.35. The van der Waals surface area contributed by atoms with Crippen LogP contribution in [0.3, 0.4) is 0 Å². The zero-order valence-electron chi connectivity index (χ0n) is 17.5. The molecule has 3 N–H and O–H groups in total. The van der Waals surface area contributed by atoms with Crippen molar-refractivity contribution in [3.05, 3.63) is 59.2 Å². The van der Waals surface area contributed by atoms with Crippen molar-refractivity contribution in [3.8, 4) is 0 Å². The molecule has 1 fully saturated rings. The summed E-state index contributed by atoms with van der Waals surface area (Å²) in [6.07, 6.45) is 3.03. The molecule has 0 unspecified atom stereocenters. The largest absolute Gasteiger partial charge is 0.388 e. The summed E-state index contributed by atoms with van der Waals surface area (Å²) in [6, 6.07) is 9.83. The van der Waals surface area contributed by atoms with E-state index >= 15 is 0 Å². The molecule has 4 nitrogen and oxygen atoms in total. The Morgan fingerprint density at radius 1 is 1.24 bits per heavy atom. The minimum Gasteiger partial charge on any atom is -0.388 e. The summed E-state index contributed by atoms with van der Waals surface area (Å²) in [4.78, 5) is 9.90. The van der Waals surface area contributed by atoms with E-state index in [1.165, 1.54) is 47.9 Å². The van der Waals surface area contributed by atoms with Gasteiger partial charge in [0.15, 0.2) is 0 Å². The van der Waals surface area contributed by atoms with Crippen molar-refractivity contribution in [2.24, 2.45) is 5.84 Å². The molecule has 0 spiro atoms. The van der Waals surface area contributed by atoms with Gasteiger partial charge in [0, 0.05) is 29.9 Å². The third kappa shape index (κ3) is 8.03. The SMILES string of the molecule is CC.CCN(N)C=O.CNc1cccc(C2CC2)c1CSc1cc(F)ccc1F. The van der Waals surface area contributed by atoms with Gasteiger partial charge in [-0.2, -0.15) is 0 Å². The molecular formula is C22H31F2N3OS. The first-order valence-corrected chi connectivity index (χ1v) is 10.8. The number of nitrogens with one attached hydrogen (secondary N) is 1. The molecule has 29 heavy (non-hydrogen) atoms. The molecule has 1 amide bonds. The number of nitrogens with zero attached hydrogens (tertiary/aromatic N) is 1. The summed E-state index contributed by atoms with van der Waals surface area (Å²) < 4.78 is 27.0. The van der Waals surface area contributed by atoms with Crippen molar-refractivity contribution < 1.29 is 13.6 Å². The van der Waals surface area contributed by atoms with Gasteiger partial charge in [-0.1, -0.05) is 26.0 Å². The molecule has 1 aliphatic carbocycles. The number of hydrogen-bond acceptors (Lipinski definition) is 4. The van der Waals surface area contributed by atoms with Crippen molar-refractivity contribution in [2.45, 2.75) is 50.2 Å². The van der Waals surface area contributed by atoms with Crippen LogP contribution in [0.15, 0.2) is 41.3 Å². The van der Waals surface area contributed by atoms with Gasteiger partial charge in [0.05, 0.1) is 0 Å². The van der Waals surface area contributed by atoms with Crippen LogP contribution >= 0.6 is 11.8 Å². The van der Waals surface area contributed by atoms with Crippen LogP contribution in [0.2, 0.25) is 0 Å². The Kier molecular flexibility index (Phi) is 11.3. The Labute approximate surface area is 176 Å². The lowest BCUT2D eigenvalue weighted by Gasteiger charge is -2.14. The topological polar surface area (TPSA) is 58.4 Å². The van der Waals surface area contributed by atoms with Gasteiger partial charge in [0.1, 0.15) is 11.6 Å². The maximum absolute atomic E-state index is 13.7. The van der Waals surface area contributed by atoms with Gasteiger partial charge in [-0.05, 0) is 61.1 Å². The fourth-order valence-corrected chi connectivity index (χ4v) is 3.61. The highest BCUT2D eigenvalue weighted by atomic mass is 32.2. The summed E-state index contributed by atoms with van der Waals surface area (Å²) in [7, 11) is 1.89. The quantitative estimate of drug-likeness (QED) is 0.202. The van der Waals surface area contributed by atoms with Crippen molar-refractivity contribution in [2.75, 3.05) is 18.9 Å². The molecule has 160 valence electrons. The molecule has 0 atom stereocenters. The first-order valence-electron chi connectivity index (χ1n) is 9.84. The number of amides is 1. The monoisotopic (exact) mass is 423 g/mol. The van der Waals surface area contributed by atoms with E-state index in [-0.39, 0.29) is 5.82 Å². The first kappa shape index (κ1) is 24.9. The van der Waals surface area contributed by atoms with Crippen LogP contribution in [-0.2, 0) is 10.5 Å². The average molecular weight is 424 g/mol. The highest BCUT2D eigenvalue weighted by Crippen LogP contribution is 2.44. The van der Waals surface area contributed by atoms with E-state index in [1.807, 2.05) is 27.0 Å². The molecule has 3 rings (SSSR count). The van der Waals surface area contributed by atoms with E-state index in [2.05, 4.69) is 17.4 Å². The summed E-state index contributed by atoms with van der Waals surface area (Å²) in [6.45, 7) is 6.37. The molecule has 0 aromatic heterocycles. The van der Waals surface area contributed by atoms with E-state index in [0.29, 0.717) is 29.5 Å². The minimum absolute atomic E-state index is 0.364. The van der Waals surface area contributed by atoms with E-state index < -0.39 is 5.82 Å². The number of nitrogens with two attached hydrogens (primary N) is 1. The first-order chi connectivity index (χ1) is 14.0. The second-order valence-corrected chi connectivity index (χ2v) is 7.21. The molecule has 0 aliphatic heterocycles. The van der Waals surface area contributed by atoms with Crippen LogP contribution < -0.4 is 11.2 Å². The molecular weight excluding hydrogens is 392 g/mol. The Balaban J connectivity index is 0.000000454. The lowest BCUT2D eigenvalue weighted by atomic mass is 10.0. The van der Waals surface area contributed by atoms with Crippen molar-refractivity contribution in [3.63, 3.8) is 0 Å². The molecule has 0 radical (unpaired) electrons. The average Bonchev–Trinajstić information content (AvgIpc) is 3.60. The number of anilines is 1. The number of hydrogen-bond donors (Lipinski definition) is 2. The number of benzene rings is 2. The van der Waals surface area contributed by atoms with Crippen LogP contribution in [0.5, 0.6) is 0 Å². The van der Waals surface area contributed by atoms with Crippen molar-refractivity contribution in [1.82, 2.24) is 5.01 Å². The third-order valence-electron chi connectivity index (χ3n) is 4.26. The predicted octanol–water partition coefficient (Wildman–Crippen LogP) is 5.54. The number of hydrazine groups is 1. The standard InChI is InChI=1S/C17H17F2NS.C3H8N2O.C2H6/c1-20-16-4-2-3-13(11-5-6-11)14(16)10-21-17-9-12(18)7-8-15(17)19;1-2-5(4)3-6;1-2/h2-4,7-9,11,20H,5-6,10H2,1H3;3H,2,4H2,1H3;1-2H3. The smallest absolute Gasteiger partial charge is 0.223 e. The van der Waals surface area contributed by atoms with E-state index in [4.69, 9.17) is 5.84 Å². The Hall–Kier alpha value is -2.12. The third-order valence-corrected chi connectivity index (χ3v) is 5.32. The fourth-order valence-electron chi connectivity index (χ4n) is 2.59. The zero-order valence-corrected chi connectivity index (χ0v) is 18.4. The van der Waals surface area contributed by atoms with Crippen LogP contribution in [0, 0.1) is 11.6 Å².